The number of nitrogens with one attached hydrogen (secondary N) is 2. The molecular weight excluding hydrogens is 524 g/mol. The molecule has 0 spiro atoms. The van der Waals surface area contributed by atoms with Crippen molar-refractivity contribution in [1.82, 2.24) is 25.2 Å². The molecule has 2 N–H and O–H groups in total. The van der Waals surface area contributed by atoms with Gasteiger partial charge in [-0.15, -0.1) is 11.3 Å². The van der Waals surface area contributed by atoms with Crippen molar-refractivity contribution in [3.8, 4) is 16.5 Å². The zero-order valence-corrected chi connectivity index (χ0v) is 23.5. The molecule has 38 heavy (non-hydrogen) atoms. The van der Waals surface area contributed by atoms with E-state index in [4.69, 9.17) is 4.74 Å². The minimum atomic E-state index is -3.45. The molecule has 204 valence electrons. The molecular formula is C26H34N6O4S2. The van der Waals surface area contributed by atoms with Crippen LogP contribution in [0.1, 0.15) is 60.4 Å². The quantitative estimate of drug-likeness (QED) is 0.340. The molecule has 1 saturated carbocycles. The third kappa shape index (κ3) is 7.27. The monoisotopic (exact) mass is 558 g/mol. The Kier molecular flexibility index (Phi) is 9.29. The van der Waals surface area contributed by atoms with Gasteiger partial charge in [0.1, 0.15) is 5.69 Å². The van der Waals surface area contributed by atoms with Crippen molar-refractivity contribution in [2.24, 2.45) is 0 Å². The molecule has 1 aromatic carbocycles. The summed E-state index contributed by atoms with van der Waals surface area (Å²) in [5, 5.41) is 3.04. The van der Waals surface area contributed by atoms with Crippen molar-refractivity contribution in [3.05, 3.63) is 53.4 Å². The van der Waals surface area contributed by atoms with Crippen LogP contribution in [0.25, 0.3) is 10.6 Å². The van der Waals surface area contributed by atoms with Crippen molar-refractivity contribution >= 4 is 33.0 Å². The molecule has 1 aliphatic rings. The fourth-order valence-electron chi connectivity index (χ4n) is 4.38. The Morgan fingerprint density at radius 1 is 1.21 bits per heavy atom. The van der Waals surface area contributed by atoms with Gasteiger partial charge in [-0.3, -0.25) is 14.5 Å². The summed E-state index contributed by atoms with van der Waals surface area (Å²) in [5.74, 6) is 0.104. The number of hydrogen-bond acceptors (Lipinski definition) is 9. The van der Waals surface area contributed by atoms with Crippen LogP contribution in [0.4, 0.5) is 5.69 Å². The second-order valence-corrected chi connectivity index (χ2v) is 12.5. The fraction of sp³-hybridized carbons (Fsp3) is 0.462. The van der Waals surface area contributed by atoms with Crippen LogP contribution in [0, 0.1) is 0 Å². The molecule has 0 radical (unpaired) electrons. The lowest BCUT2D eigenvalue weighted by Gasteiger charge is -2.22. The van der Waals surface area contributed by atoms with Crippen molar-refractivity contribution in [3.63, 3.8) is 0 Å². The second-order valence-electron chi connectivity index (χ2n) is 9.50. The van der Waals surface area contributed by atoms with E-state index in [9.17, 15) is 13.2 Å². The zero-order valence-electron chi connectivity index (χ0n) is 21.9. The number of thiazole rings is 1. The minimum Gasteiger partial charge on any atom is -0.477 e. The van der Waals surface area contributed by atoms with Crippen molar-refractivity contribution in [2.45, 2.75) is 50.3 Å². The molecule has 4 rings (SSSR count). The van der Waals surface area contributed by atoms with E-state index in [0.717, 1.165) is 24.9 Å². The summed E-state index contributed by atoms with van der Waals surface area (Å²) in [7, 11) is 0.484. The standard InChI is InChI=1S/C26H34N6O4S2/c1-4-36-24-17-27-15-22(29-24)23-16-28-26(37-23)25(33)30-21(12-13-32(2)3)18-8-7-9-19(14-18)31-38(34,35)20-10-5-6-11-20/h7-9,14-17,20-21,31H,4-6,10-13H2,1-3H3,(H,30,33)/t21-/m0/s1. The topological polar surface area (TPSA) is 126 Å². The van der Waals surface area contributed by atoms with Crippen molar-refractivity contribution < 1.29 is 17.9 Å². The normalized spacial score (nSPS) is 14.9. The molecule has 0 saturated heterocycles. The number of benzene rings is 1. The van der Waals surface area contributed by atoms with Gasteiger partial charge in [-0.25, -0.2) is 18.4 Å². The van der Waals surface area contributed by atoms with Crippen LogP contribution < -0.4 is 14.8 Å². The molecule has 3 aromatic rings. The van der Waals surface area contributed by atoms with Gasteiger partial charge >= 0.3 is 0 Å². The number of sulfonamides is 1. The molecule has 2 aromatic heterocycles. The smallest absolute Gasteiger partial charge is 0.280 e. The van der Waals surface area contributed by atoms with Crippen LogP contribution in [-0.2, 0) is 10.0 Å². The molecule has 1 atom stereocenters. The van der Waals surface area contributed by atoms with Crippen LogP contribution in [0.15, 0.2) is 42.9 Å². The van der Waals surface area contributed by atoms with Gasteiger partial charge in [0, 0.05) is 11.9 Å². The fourth-order valence-corrected chi connectivity index (χ4v) is 6.73. The maximum Gasteiger partial charge on any atom is 0.280 e. The first kappa shape index (κ1) is 27.9. The van der Waals surface area contributed by atoms with E-state index in [-0.39, 0.29) is 17.2 Å². The third-order valence-electron chi connectivity index (χ3n) is 6.32. The van der Waals surface area contributed by atoms with Gasteiger partial charge < -0.3 is 15.0 Å². The Labute approximate surface area is 227 Å². The molecule has 12 heteroatoms. The van der Waals surface area contributed by atoms with E-state index < -0.39 is 10.0 Å². The van der Waals surface area contributed by atoms with Crippen LogP contribution in [0.2, 0.25) is 0 Å². The highest BCUT2D eigenvalue weighted by atomic mass is 32.2. The first-order chi connectivity index (χ1) is 18.2. The van der Waals surface area contributed by atoms with Gasteiger partial charge in [-0.2, -0.15) is 0 Å². The molecule has 1 amide bonds. The number of carbonyl (C=O) groups excluding carboxylic acids is 1. The SMILES string of the molecule is CCOc1cncc(-c2cnc(C(=O)N[C@@H](CCN(C)C)c3cccc(NS(=O)(=O)C4CCCC4)c3)s2)n1. The molecule has 0 unspecified atom stereocenters. The van der Waals surface area contributed by atoms with E-state index in [1.807, 2.05) is 38.1 Å². The summed E-state index contributed by atoms with van der Waals surface area (Å²) < 4.78 is 33.8. The Balaban J connectivity index is 1.51. The van der Waals surface area contributed by atoms with Gasteiger partial charge in [0.25, 0.3) is 5.91 Å². The molecule has 2 heterocycles. The lowest BCUT2D eigenvalue weighted by molar-refractivity contribution is 0.0932. The average Bonchev–Trinajstić information content (AvgIpc) is 3.60. The number of carbonyl (C=O) groups is 1. The number of hydrogen-bond donors (Lipinski definition) is 2. The summed E-state index contributed by atoms with van der Waals surface area (Å²) in [5.41, 5.74) is 1.90. The summed E-state index contributed by atoms with van der Waals surface area (Å²) in [6, 6.07) is 6.91. The van der Waals surface area contributed by atoms with Gasteiger partial charge in [0.2, 0.25) is 15.9 Å². The Hall–Kier alpha value is -3.09. The van der Waals surface area contributed by atoms with Crippen LogP contribution in [-0.4, -0.2) is 66.7 Å². The zero-order chi connectivity index (χ0) is 27.1. The van der Waals surface area contributed by atoms with Gasteiger partial charge in [-0.1, -0.05) is 25.0 Å². The maximum absolute atomic E-state index is 13.2. The molecule has 0 aliphatic heterocycles. The predicted molar refractivity (Wildman–Crippen MR) is 149 cm³/mol. The summed E-state index contributed by atoms with van der Waals surface area (Å²) >= 11 is 1.22. The highest BCUT2D eigenvalue weighted by molar-refractivity contribution is 7.93. The number of aromatic nitrogens is 3. The first-order valence-electron chi connectivity index (χ1n) is 12.7. The summed E-state index contributed by atoms with van der Waals surface area (Å²) in [4.78, 5) is 28.9. The van der Waals surface area contributed by atoms with Crippen LogP contribution >= 0.6 is 11.3 Å². The van der Waals surface area contributed by atoms with Gasteiger partial charge in [0.05, 0.1) is 35.2 Å². The molecule has 1 aliphatic carbocycles. The van der Waals surface area contributed by atoms with E-state index >= 15 is 0 Å². The van der Waals surface area contributed by atoms with E-state index in [2.05, 4.69) is 25.0 Å². The van der Waals surface area contributed by atoms with E-state index in [1.165, 1.54) is 11.3 Å². The number of rotatable bonds is 12. The Bertz CT molecular complexity index is 1340. The highest BCUT2D eigenvalue weighted by Gasteiger charge is 2.29. The maximum atomic E-state index is 13.2. The number of amides is 1. The van der Waals surface area contributed by atoms with Crippen molar-refractivity contribution in [2.75, 3.05) is 32.0 Å². The molecule has 0 bridgehead atoms. The number of ether oxygens (including phenoxy) is 1. The number of anilines is 1. The lowest BCUT2D eigenvalue weighted by atomic mass is 10.0. The largest absolute Gasteiger partial charge is 0.477 e. The van der Waals surface area contributed by atoms with Crippen LogP contribution in [0.5, 0.6) is 5.88 Å². The van der Waals surface area contributed by atoms with Crippen LogP contribution in [0.3, 0.4) is 0 Å². The van der Waals surface area contributed by atoms with E-state index in [1.54, 1.807) is 30.7 Å². The summed E-state index contributed by atoms with van der Waals surface area (Å²) in [6.07, 6.45) is 8.64. The van der Waals surface area contributed by atoms with Crippen molar-refractivity contribution in [1.29, 1.82) is 0 Å². The first-order valence-corrected chi connectivity index (χ1v) is 15.1. The molecule has 1 fully saturated rings. The predicted octanol–water partition coefficient (Wildman–Crippen LogP) is 4.11. The van der Waals surface area contributed by atoms with Gasteiger partial charge in [0.15, 0.2) is 5.01 Å². The second kappa shape index (κ2) is 12.6. The lowest BCUT2D eigenvalue weighted by Crippen LogP contribution is -2.31. The number of nitrogens with zero attached hydrogens (tertiary/aromatic N) is 4. The van der Waals surface area contributed by atoms with Gasteiger partial charge in [-0.05, 0) is 64.5 Å². The van der Waals surface area contributed by atoms with E-state index in [0.29, 0.717) is 53.0 Å². The Morgan fingerprint density at radius 3 is 2.74 bits per heavy atom. The average molecular weight is 559 g/mol. The Morgan fingerprint density at radius 2 is 2.00 bits per heavy atom. The third-order valence-corrected chi connectivity index (χ3v) is 9.21. The minimum absolute atomic E-state index is 0.302. The summed E-state index contributed by atoms with van der Waals surface area (Å²) in [6.45, 7) is 3.08. The highest BCUT2D eigenvalue weighted by Crippen LogP contribution is 2.29. The molecule has 10 nitrogen and oxygen atoms in total.